The van der Waals surface area contributed by atoms with E-state index in [-0.39, 0.29) is 17.8 Å². The van der Waals surface area contributed by atoms with E-state index in [1.807, 2.05) is 58.4 Å². The summed E-state index contributed by atoms with van der Waals surface area (Å²) < 4.78 is 27.2. The van der Waals surface area contributed by atoms with Crippen molar-refractivity contribution in [1.82, 2.24) is 5.43 Å². The van der Waals surface area contributed by atoms with Crippen molar-refractivity contribution in [2.75, 3.05) is 9.91 Å². The average Bonchev–Trinajstić information content (AvgIpc) is 3.34. The average molecular weight is 431 g/mol. The highest BCUT2D eigenvalue weighted by atomic mass is 19.1. The number of fused-ring (bicyclic) bond motifs is 1. The van der Waals surface area contributed by atoms with Gasteiger partial charge in [0, 0.05) is 12.2 Å². The predicted molar refractivity (Wildman–Crippen MR) is 120 cm³/mol. The second kappa shape index (κ2) is 7.14. The van der Waals surface area contributed by atoms with Gasteiger partial charge < -0.3 is 4.90 Å². The van der Waals surface area contributed by atoms with E-state index in [0.717, 1.165) is 28.2 Å². The minimum Gasteiger partial charge on any atom is -0.304 e. The van der Waals surface area contributed by atoms with Crippen molar-refractivity contribution in [1.29, 1.82) is 0 Å². The van der Waals surface area contributed by atoms with Crippen molar-refractivity contribution in [3.05, 3.63) is 89.7 Å². The Balaban J connectivity index is 1.36. The molecule has 0 aromatic heterocycles. The van der Waals surface area contributed by atoms with Gasteiger partial charge in [-0.15, -0.1) is 0 Å². The molecule has 1 spiro atoms. The highest BCUT2D eigenvalue weighted by Crippen LogP contribution is 2.57. The molecule has 162 valence electrons. The van der Waals surface area contributed by atoms with Crippen LogP contribution in [0.1, 0.15) is 36.4 Å². The molecule has 1 atom stereocenters. The van der Waals surface area contributed by atoms with Crippen molar-refractivity contribution in [3.8, 4) is 0 Å². The first-order chi connectivity index (χ1) is 15.5. The Labute approximate surface area is 185 Å². The fourth-order valence-electron chi connectivity index (χ4n) is 5.47. The highest BCUT2D eigenvalue weighted by Gasteiger charge is 2.59. The van der Waals surface area contributed by atoms with Gasteiger partial charge in [-0.2, -0.15) is 0 Å². The fourth-order valence-corrected chi connectivity index (χ4v) is 5.47. The lowest BCUT2D eigenvalue weighted by atomic mass is 9.65. The van der Waals surface area contributed by atoms with E-state index < -0.39 is 11.6 Å². The minimum atomic E-state index is -0.885. The summed E-state index contributed by atoms with van der Waals surface area (Å²) in [5, 5.41) is 1.93. The number of hydrazine groups is 1. The van der Waals surface area contributed by atoms with E-state index in [1.165, 1.54) is 12.1 Å². The smallest absolute Gasteiger partial charge is 0.234 e. The van der Waals surface area contributed by atoms with Crippen molar-refractivity contribution >= 4 is 23.0 Å². The molecular weight excluding hydrogens is 408 g/mol. The molecule has 4 nitrogen and oxygen atoms in total. The molecule has 1 saturated heterocycles. The fraction of sp³-hybridized carbons (Fsp3) is 0.269. The number of benzene rings is 3. The molecule has 2 fully saturated rings. The summed E-state index contributed by atoms with van der Waals surface area (Å²) in [6.45, 7) is 0.607. The number of amides is 1. The van der Waals surface area contributed by atoms with Gasteiger partial charge in [-0.3, -0.25) is 9.80 Å². The summed E-state index contributed by atoms with van der Waals surface area (Å²) in [6, 6.07) is 22.2. The molecule has 0 bridgehead atoms. The molecule has 6 heteroatoms. The van der Waals surface area contributed by atoms with E-state index in [4.69, 9.17) is 0 Å². The topological polar surface area (TPSA) is 35.6 Å². The maximum absolute atomic E-state index is 13.8. The SMILES string of the molecule is O=C1N(c2ccc3c(c2)CNN3c2ccc(F)cc2)C(c2ccccc2)CC12CC(F)C2. The van der Waals surface area contributed by atoms with Crippen LogP contribution in [0, 0.1) is 11.2 Å². The minimum absolute atomic E-state index is 0.0292. The zero-order valence-electron chi connectivity index (χ0n) is 17.5. The summed E-state index contributed by atoms with van der Waals surface area (Å²) >= 11 is 0. The molecule has 6 rings (SSSR count). The Hall–Kier alpha value is -3.25. The predicted octanol–water partition coefficient (Wildman–Crippen LogP) is 5.58. The molecule has 3 aromatic carbocycles. The van der Waals surface area contributed by atoms with E-state index in [9.17, 15) is 13.6 Å². The summed E-state index contributed by atoms with van der Waals surface area (Å²) in [5.41, 5.74) is 7.54. The van der Waals surface area contributed by atoms with E-state index in [2.05, 4.69) is 5.43 Å². The van der Waals surface area contributed by atoms with E-state index in [1.54, 1.807) is 12.1 Å². The Kier molecular flexibility index (Phi) is 4.33. The highest BCUT2D eigenvalue weighted by molar-refractivity contribution is 6.02. The van der Waals surface area contributed by atoms with Crippen LogP contribution in [-0.4, -0.2) is 12.1 Å². The number of anilines is 3. The monoisotopic (exact) mass is 431 g/mol. The number of carbonyl (C=O) groups excluding carboxylic acids is 1. The number of alkyl halides is 1. The lowest BCUT2D eigenvalue weighted by molar-refractivity contribution is -0.133. The molecule has 1 saturated carbocycles. The van der Waals surface area contributed by atoms with Gasteiger partial charge >= 0.3 is 0 Å². The van der Waals surface area contributed by atoms with Crippen LogP contribution in [-0.2, 0) is 11.3 Å². The Morgan fingerprint density at radius 3 is 2.34 bits per heavy atom. The van der Waals surface area contributed by atoms with Gasteiger partial charge in [0.2, 0.25) is 5.91 Å². The number of carbonyl (C=O) groups is 1. The largest absolute Gasteiger partial charge is 0.304 e. The molecule has 1 amide bonds. The van der Waals surface area contributed by atoms with Crippen molar-refractivity contribution in [2.45, 2.75) is 38.0 Å². The van der Waals surface area contributed by atoms with E-state index in [0.29, 0.717) is 25.8 Å². The summed E-state index contributed by atoms with van der Waals surface area (Å²) in [4.78, 5) is 15.4. The van der Waals surface area contributed by atoms with Gasteiger partial charge in [0.05, 0.1) is 22.8 Å². The van der Waals surface area contributed by atoms with Crippen LogP contribution in [0.5, 0.6) is 0 Å². The first-order valence-electron chi connectivity index (χ1n) is 11.0. The molecule has 1 aliphatic carbocycles. The summed E-state index contributed by atoms with van der Waals surface area (Å²) in [7, 11) is 0. The van der Waals surface area contributed by atoms with Crippen LogP contribution >= 0.6 is 0 Å². The standard InChI is InChI=1S/C26H23F2N3O/c27-19-6-8-21(9-7-19)31-23-11-10-22(12-18(23)16-29-31)30-24(17-4-2-1-3-5-17)15-26(25(30)32)13-20(28)14-26/h1-12,20,24,29H,13-16H2. The van der Waals surface area contributed by atoms with Crippen molar-refractivity contribution in [2.24, 2.45) is 5.41 Å². The third kappa shape index (κ3) is 2.93. The van der Waals surface area contributed by atoms with Crippen molar-refractivity contribution in [3.63, 3.8) is 0 Å². The van der Waals surface area contributed by atoms with Gasteiger partial charge in [0.1, 0.15) is 12.0 Å². The number of halogens is 2. The van der Waals surface area contributed by atoms with Crippen LogP contribution in [0.4, 0.5) is 25.8 Å². The maximum atomic E-state index is 13.8. The first kappa shape index (κ1) is 19.4. The van der Waals surface area contributed by atoms with Crippen LogP contribution in [0.15, 0.2) is 72.8 Å². The third-order valence-corrected chi connectivity index (χ3v) is 7.07. The Bertz CT molecular complexity index is 1180. The molecule has 3 aromatic rings. The second-order valence-electron chi connectivity index (χ2n) is 9.05. The molecule has 2 aliphatic heterocycles. The number of nitrogens with zero attached hydrogens (tertiary/aromatic N) is 2. The second-order valence-corrected chi connectivity index (χ2v) is 9.05. The molecule has 32 heavy (non-hydrogen) atoms. The van der Waals surface area contributed by atoms with Gasteiger partial charge in [-0.1, -0.05) is 30.3 Å². The lowest BCUT2D eigenvalue weighted by Gasteiger charge is -2.39. The van der Waals surface area contributed by atoms with Gasteiger partial charge in [0.25, 0.3) is 0 Å². The van der Waals surface area contributed by atoms with Gasteiger partial charge in [0.15, 0.2) is 0 Å². The molecular formula is C26H23F2N3O. The Morgan fingerprint density at radius 1 is 0.906 bits per heavy atom. The molecule has 0 radical (unpaired) electrons. The normalized spacial score (nSPS) is 26.5. The maximum Gasteiger partial charge on any atom is 0.234 e. The number of hydrogen-bond donors (Lipinski definition) is 1. The number of nitrogens with one attached hydrogen (secondary N) is 1. The Morgan fingerprint density at radius 2 is 1.62 bits per heavy atom. The molecule has 2 heterocycles. The first-order valence-corrected chi connectivity index (χ1v) is 11.0. The van der Waals surface area contributed by atoms with Crippen LogP contribution in [0.3, 0.4) is 0 Å². The molecule has 3 aliphatic rings. The summed E-state index contributed by atoms with van der Waals surface area (Å²) in [5.74, 6) is -0.245. The zero-order valence-corrected chi connectivity index (χ0v) is 17.5. The zero-order chi connectivity index (χ0) is 21.9. The van der Waals surface area contributed by atoms with Crippen LogP contribution < -0.4 is 15.3 Å². The molecule has 1 unspecified atom stereocenters. The quantitative estimate of drug-likeness (QED) is 0.588. The van der Waals surface area contributed by atoms with Crippen LogP contribution in [0.2, 0.25) is 0 Å². The number of rotatable bonds is 3. The van der Waals surface area contributed by atoms with E-state index >= 15 is 0 Å². The summed E-state index contributed by atoms with van der Waals surface area (Å²) in [6.07, 6.45) is 0.393. The molecule has 1 N–H and O–H groups in total. The third-order valence-electron chi connectivity index (χ3n) is 7.07. The van der Waals surface area contributed by atoms with Gasteiger partial charge in [-0.05, 0) is 72.9 Å². The van der Waals surface area contributed by atoms with Crippen LogP contribution in [0.25, 0.3) is 0 Å². The number of hydrogen-bond acceptors (Lipinski definition) is 3. The van der Waals surface area contributed by atoms with Gasteiger partial charge in [-0.25, -0.2) is 14.2 Å². The lowest BCUT2D eigenvalue weighted by Crippen LogP contribution is -2.45. The van der Waals surface area contributed by atoms with Crippen molar-refractivity contribution < 1.29 is 13.6 Å².